The summed E-state index contributed by atoms with van der Waals surface area (Å²) in [6.07, 6.45) is 0.367. The molecule has 1 aromatic carbocycles. The third kappa shape index (κ3) is 3.65. The summed E-state index contributed by atoms with van der Waals surface area (Å²) in [6, 6.07) is 6.10. The van der Waals surface area contributed by atoms with Crippen molar-refractivity contribution in [1.82, 2.24) is 0 Å². The zero-order valence-corrected chi connectivity index (χ0v) is 10.5. The van der Waals surface area contributed by atoms with E-state index in [1.807, 2.05) is 26.0 Å². The van der Waals surface area contributed by atoms with Gasteiger partial charge in [0.25, 0.3) is 0 Å². The minimum Gasteiger partial charge on any atom is -0.466 e. The fourth-order valence-corrected chi connectivity index (χ4v) is 2.18. The van der Waals surface area contributed by atoms with E-state index >= 15 is 0 Å². The van der Waals surface area contributed by atoms with Crippen LogP contribution in [0.25, 0.3) is 0 Å². The number of esters is 1. The Hall–Kier alpha value is -0.580. The number of hydrogen-bond donors (Lipinski definition) is 0. The highest BCUT2D eigenvalue weighted by molar-refractivity contribution is 14.1. The predicted octanol–water partition coefficient (Wildman–Crippen LogP) is 2.71. The van der Waals surface area contributed by atoms with Crippen LogP contribution < -0.4 is 0 Å². The van der Waals surface area contributed by atoms with Crippen molar-refractivity contribution >= 4 is 28.6 Å². The van der Waals surface area contributed by atoms with Crippen LogP contribution in [0.2, 0.25) is 0 Å². The Bertz CT molecular complexity index is 314. The number of aryl methyl sites for hydroxylation is 1. The van der Waals surface area contributed by atoms with Crippen molar-refractivity contribution in [2.24, 2.45) is 0 Å². The largest absolute Gasteiger partial charge is 0.466 e. The zero-order valence-electron chi connectivity index (χ0n) is 8.34. The van der Waals surface area contributed by atoms with Gasteiger partial charge in [0.2, 0.25) is 0 Å². The van der Waals surface area contributed by atoms with E-state index in [2.05, 4.69) is 28.7 Å². The molecule has 14 heavy (non-hydrogen) atoms. The lowest BCUT2D eigenvalue weighted by Gasteiger charge is -2.03. The number of carbonyl (C=O) groups excluding carboxylic acids is 1. The molecule has 0 saturated heterocycles. The van der Waals surface area contributed by atoms with Gasteiger partial charge in [0.1, 0.15) is 0 Å². The minimum absolute atomic E-state index is 0.158. The van der Waals surface area contributed by atoms with Crippen molar-refractivity contribution in [2.45, 2.75) is 20.3 Å². The van der Waals surface area contributed by atoms with E-state index in [0.29, 0.717) is 13.0 Å². The van der Waals surface area contributed by atoms with Crippen molar-refractivity contribution in [1.29, 1.82) is 0 Å². The topological polar surface area (TPSA) is 26.3 Å². The van der Waals surface area contributed by atoms with E-state index in [9.17, 15) is 4.79 Å². The standard InChI is InChI=1S/C11H13IO2/c1-3-14-11(13)7-9-4-8(2)5-10(12)6-9/h4-6H,3,7H2,1-2H3. The van der Waals surface area contributed by atoms with Crippen LogP contribution in [-0.2, 0) is 16.0 Å². The summed E-state index contributed by atoms with van der Waals surface area (Å²) in [4.78, 5) is 11.2. The summed E-state index contributed by atoms with van der Waals surface area (Å²) in [6.45, 7) is 4.29. The van der Waals surface area contributed by atoms with Crippen LogP contribution in [-0.4, -0.2) is 12.6 Å². The van der Waals surface area contributed by atoms with Gasteiger partial charge >= 0.3 is 5.97 Å². The quantitative estimate of drug-likeness (QED) is 0.634. The van der Waals surface area contributed by atoms with Gasteiger partial charge in [0, 0.05) is 3.57 Å². The van der Waals surface area contributed by atoms with Crippen LogP contribution in [0, 0.1) is 10.5 Å². The molecule has 0 unspecified atom stereocenters. The van der Waals surface area contributed by atoms with Crippen LogP contribution >= 0.6 is 22.6 Å². The second kappa shape index (κ2) is 5.34. The predicted molar refractivity (Wildman–Crippen MR) is 64.2 cm³/mol. The average molecular weight is 304 g/mol. The summed E-state index contributed by atoms with van der Waals surface area (Å²) >= 11 is 2.25. The maximum Gasteiger partial charge on any atom is 0.310 e. The van der Waals surface area contributed by atoms with Gasteiger partial charge in [-0.1, -0.05) is 6.07 Å². The van der Waals surface area contributed by atoms with Crippen LogP contribution in [0.15, 0.2) is 18.2 Å². The van der Waals surface area contributed by atoms with Crippen LogP contribution in [0.4, 0.5) is 0 Å². The first kappa shape index (κ1) is 11.5. The van der Waals surface area contributed by atoms with Gasteiger partial charge in [-0.3, -0.25) is 4.79 Å². The van der Waals surface area contributed by atoms with E-state index in [0.717, 1.165) is 9.13 Å². The molecule has 1 aromatic rings. The molecular weight excluding hydrogens is 291 g/mol. The van der Waals surface area contributed by atoms with Gasteiger partial charge in [-0.2, -0.15) is 0 Å². The Kier molecular flexibility index (Phi) is 4.38. The maximum atomic E-state index is 11.2. The van der Waals surface area contributed by atoms with Crippen molar-refractivity contribution in [3.05, 3.63) is 32.9 Å². The Morgan fingerprint density at radius 2 is 2.14 bits per heavy atom. The fourth-order valence-electron chi connectivity index (χ4n) is 1.29. The molecule has 0 bridgehead atoms. The smallest absolute Gasteiger partial charge is 0.310 e. The molecule has 3 heteroatoms. The number of carbonyl (C=O) groups is 1. The lowest BCUT2D eigenvalue weighted by molar-refractivity contribution is -0.142. The van der Waals surface area contributed by atoms with Crippen molar-refractivity contribution in [3.8, 4) is 0 Å². The van der Waals surface area contributed by atoms with Gasteiger partial charge < -0.3 is 4.74 Å². The molecule has 0 amide bonds. The Balaban J connectivity index is 2.71. The second-order valence-electron chi connectivity index (χ2n) is 3.12. The minimum atomic E-state index is -0.158. The van der Waals surface area contributed by atoms with Crippen LogP contribution in [0.3, 0.4) is 0 Å². The van der Waals surface area contributed by atoms with Gasteiger partial charge in [-0.05, 0) is 59.7 Å². The first-order valence-electron chi connectivity index (χ1n) is 4.53. The van der Waals surface area contributed by atoms with Crippen molar-refractivity contribution < 1.29 is 9.53 Å². The molecule has 2 nitrogen and oxygen atoms in total. The Morgan fingerprint density at radius 3 is 2.71 bits per heavy atom. The van der Waals surface area contributed by atoms with E-state index in [4.69, 9.17) is 4.74 Å². The average Bonchev–Trinajstić information content (AvgIpc) is 2.01. The third-order valence-electron chi connectivity index (χ3n) is 1.76. The molecule has 0 aliphatic carbocycles. The molecular formula is C11H13IO2. The van der Waals surface area contributed by atoms with Gasteiger partial charge in [0.05, 0.1) is 13.0 Å². The van der Waals surface area contributed by atoms with Crippen LogP contribution in [0.5, 0.6) is 0 Å². The zero-order chi connectivity index (χ0) is 10.6. The molecule has 0 saturated carbocycles. The highest BCUT2D eigenvalue weighted by Gasteiger charge is 2.04. The molecule has 0 aliphatic heterocycles. The normalized spacial score (nSPS) is 9.93. The molecule has 0 aromatic heterocycles. The first-order valence-corrected chi connectivity index (χ1v) is 5.61. The number of halogens is 1. The van der Waals surface area contributed by atoms with E-state index < -0.39 is 0 Å². The van der Waals surface area contributed by atoms with Gasteiger partial charge in [-0.25, -0.2) is 0 Å². The fraction of sp³-hybridized carbons (Fsp3) is 0.364. The Labute approximate surface area is 97.8 Å². The lowest BCUT2D eigenvalue weighted by Crippen LogP contribution is -2.07. The van der Waals surface area contributed by atoms with Gasteiger partial charge in [0.15, 0.2) is 0 Å². The number of rotatable bonds is 3. The van der Waals surface area contributed by atoms with Crippen molar-refractivity contribution in [2.75, 3.05) is 6.61 Å². The number of benzene rings is 1. The molecule has 1 rings (SSSR count). The van der Waals surface area contributed by atoms with Gasteiger partial charge in [-0.15, -0.1) is 0 Å². The molecule has 0 atom stereocenters. The number of hydrogen-bond acceptors (Lipinski definition) is 2. The Morgan fingerprint density at radius 1 is 1.43 bits per heavy atom. The molecule has 76 valence electrons. The summed E-state index contributed by atoms with van der Waals surface area (Å²) < 4.78 is 6.04. The number of ether oxygens (including phenoxy) is 1. The molecule has 0 radical (unpaired) electrons. The monoisotopic (exact) mass is 304 g/mol. The summed E-state index contributed by atoms with van der Waals surface area (Å²) in [7, 11) is 0. The van der Waals surface area contributed by atoms with Crippen LogP contribution in [0.1, 0.15) is 18.1 Å². The maximum absolute atomic E-state index is 11.2. The van der Waals surface area contributed by atoms with E-state index in [-0.39, 0.29) is 5.97 Å². The summed E-state index contributed by atoms with van der Waals surface area (Å²) in [5.41, 5.74) is 2.20. The lowest BCUT2D eigenvalue weighted by atomic mass is 10.1. The molecule has 0 heterocycles. The SMILES string of the molecule is CCOC(=O)Cc1cc(C)cc(I)c1. The molecule has 0 N–H and O–H groups in total. The van der Waals surface area contributed by atoms with Crippen molar-refractivity contribution in [3.63, 3.8) is 0 Å². The molecule has 0 aliphatic rings. The summed E-state index contributed by atoms with van der Waals surface area (Å²) in [5, 5.41) is 0. The second-order valence-corrected chi connectivity index (χ2v) is 4.36. The summed E-state index contributed by atoms with van der Waals surface area (Å²) in [5.74, 6) is -0.158. The molecule has 0 spiro atoms. The van der Waals surface area contributed by atoms with E-state index in [1.54, 1.807) is 0 Å². The third-order valence-corrected chi connectivity index (χ3v) is 2.38. The van der Waals surface area contributed by atoms with E-state index in [1.165, 1.54) is 5.56 Å². The first-order chi connectivity index (χ1) is 6.61. The highest BCUT2D eigenvalue weighted by Crippen LogP contribution is 2.12. The molecule has 0 fully saturated rings. The highest BCUT2D eigenvalue weighted by atomic mass is 127.